The highest BCUT2D eigenvalue weighted by molar-refractivity contribution is 5.52. The minimum atomic E-state index is 0.259. The van der Waals surface area contributed by atoms with Crippen molar-refractivity contribution in [1.82, 2.24) is 0 Å². The average Bonchev–Trinajstić information content (AvgIpc) is 2.97. The lowest BCUT2D eigenvalue weighted by atomic mass is 9.89. The Balaban J connectivity index is 2.09. The van der Waals surface area contributed by atoms with Gasteiger partial charge in [0.1, 0.15) is 6.29 Å². The van der Waals surface area contributed by atoms with Crippen LogP contribution >= 0.6 is 0 Å². The maximum atomic E-state index is 10.6. The molecule has 0 radical (unpaired) electrons. The second kappa shape index (κ2) is 12.9. The number of rotatable bonds is 13. The summed E-state index contributed by atoms with van der Waals surface area (Å²) in [6, 6.07) is 0. The largest absolute Gasteiger partial charge is 0.303 e. The molecule has 1 fully saturated rings. The Morgan fingerprint density at radius 1 is 1.05 bits per heavy atom. The third-order valence-corrected chi connectivity index (χ3v) is 5.29. The molecule has 3 atom stereocenters. The fraction of sp³-hybridized carbons (Fsp3) is 0.857. The highest BCUT2D eigenvalue weighted by atomic mass is 16.1. The number of hydrogen-bond donors (Lipinski definition) is 0. The van der Waals surface area contributed by atoms with E-state index in [1.54, 1.807) is 0 Å². The minimum absolute atomic E-state index is 0.259. The van der Waals surface area contributed by atoms with Gasteiger partial charge in [-0.15, -0.1) is 0 Å². The number of carbonyl (C=O) groups is 1. The molecule has 1 saturated carbocycles. The van der Waals surface area contributed by atoms with Gasteiger partial charge >= 0.3 is 0 Å². The molecule has 0 bridgehead atoms. The second-order valence-electron chi connectivity index (χ2n) is 7.38. The number of allylic oxidation sites excluding steroid dienone is 2. The van der Waals surface area contributed by atoms with Crippen LogP contribution in [0.25, 0.3) is 0 Å². The average molecular weight is 307 g/mol. The summed E-state index contributed by atoms with van der Waals surface area (Å²) in [6.07, 6.45) is 23.5. The predicted molar refractivity (Wildman–Crippen MR) is 97.0 cm³/mol. The van der Waals surface area contributed by atoms with Crippen LogP contribution in [-0.2, 0) is 4.79 Å². The first-order chi connectivity index (χ1) is 10.8. The van der Waals surface area contributed by atoms with Gasteiger partial charge in [-0.05, 0) is 50.4 Å². The van der Waals surface area contributed by atoms with E-state index in [1.165, 1.54) is 77.0 Å². The SMILES string of the molecule is CCCCCCC=C[C@H]1CCC[C@@H]1CCCCCC(C)C=O. The maximum Gasteiger partial charge on any atom is 0.122 e. The van der Waals surface area contributed by atoms with Crippen molar-refractivity contribution in [3.05, 3.63) is 12.2 Å². The summed E-state index contributed by atoms with van der Waals surface area (Å²) in [4.78, 5) is 10.6. The van der Waals surface area contributed by atoms with Crippen LogP contribution in [0, 0.1) is 17.8 Å². The van der Waals surface area contributed by atoms with Gasteiger partial charge in [0.25, 0.3) is 0 Å². The molecular formula is C21H38O. The summed E-state index contributed by atoms with van der Waals surface area (Å²) >= 11 is 0. The highest BCUT2D eigenvalue weighted by Gasteiger charge is 2.24. The number of aldehydes is 1. The first-order valence-electron chi connectivity index (χ1n) is 9.89. The van der Waals surface area contributed by atoms with Gasteiger partial charge in [0.2, 0.25) is 0 Å². The van der Waals surface area contributed by atoms with Gasteiger partial charge in [-0.25, -0.2) is 0 Å². The molecule has 0 N–H and O–H groups in total. The normalized spacial score (nSPS) is 23.2. The monoisotopic (exact) mass is 306 g/mol. The van der Waals surface area contributed by atoms with Crippen LogP contribution in [0.2, 0.25) is 0 Å². The van der Waals surface area contributed by atoms with Crippen LogP contribution in [0.4, 0.5) is 0 Å². The molecule has 0 aromatic carbocycles. The van der Waals surface area contributed by atoms with Crippen molar-refractivity contribution >= 4 is 6.29 Å². The Hall–Kier alpha value is -0.590. The third kappa shape index (κ3) is 8.76. The molecule has 0 saturated heterocycles. The molecule has 0 spiro atoms. The highest BCUT2D eigenvalue weighted by Crippen LogP contribution is 2.36. The Bertz CT molecular complexity index is 294. The van der Waals surface area contributed by atoms with Gasteiger partial charge in [0.15, 0.2) is 0 Å². The Morgan fingerprint density at radius 3 is 2.64 bits per heavy atom. The predicted octanol–water partition coefficient (Wildman–Crippen LogP) is 6.71. The molecule has 0 aromatic heterocycles. The number of carbonyl (C=O) groups excluding carboxylic acids is 1. The Kier molecular flexibility index (Phi) is 11.4. The van der Waals surface area contributed by atoms with Crippen LogP contribution in [0.15, 0.2) is 12.2 Å². The van der Waals surface area contributed by atoms with Crippen molar-refractivity contribution < 1.29 is 4.79 Å². The maximum absolute atomic E-state index is 10.6. The van der Waals surface area contributed by atoms with Crippen molar-refractivity contribution in [2.75, 3.05) is 0 Å². The van der Waals surface area contributed by atoms with Gasteiger partial charge in [-0.2, -0.15) is 0 Å². The van der Waals surface area contributed by atoms with Crippen molar-refractivity contribution in [3.63, 3.8) is 0 Å². The second-order valence-corrected chi connectivity index (χ2v) is 7.38. The first kappa shape index (κ1) is 19.5. The number of hydrogen-bond acceptors (Lipinski definition) is 1. The summed E-state index contributed by atoms with van der Waals surface area (Å²) in [5.74, 6) is 2.06. The summed E-state index contributed by atoms with van der Waals surface area (Å²) in [6.45, 7) is 4.31. The van der Waals surface area contributed by atoms with Crippen molar-refractivity contribution in [1.29, 1.82) is 0 Å². The van der Waals surface area contributed by atoms with E-state index in [1.807, 2.05) is 6.92 Å². The first-order valence-corrected chi connectivity index (χ1v) is 9.89. The van der Waals surface area contributed by atoms with Crippen molar-refractivity contribution in [3.8, 4) is 0 Å². The van der Waals surface area contributed by atoms with Crippen molar-refractivity contribution in [2.45, 2.75) is 97.3 Å². The van der Waals surface area contributed by atoms with Gasteiger partial charge < -0.3 is 4.79 Å². The van der Waals surface area contributed by atoms with Crippen LogP contribution in [-0.4, -0.2) is 6.29 Å². The molecular weight excluding hydrogens is 268 g/mol. The standard InChI is InChI=1S/C21H38O/c1-3-4-5-6-7-10-14-20-16-12-17-21(20)15-11-8-9-13-19(2)18-22/h10,14,18-21H,3-9,11-13,15-17H2,1-2H3/t19?,20-,21-/m0/s1. The van der Waals surface area contributed by atoms with Crippen LogP contribution in [0.5, 0.6) is 0 Å². The fourth-order valence-electron chi connectivity index (χ4n) is 3.75. The summed E-state index contributed by atoms with van der Waals surface area (Å²) in [7, 11) is 0. The van der Waals surface area contributed by atoms with Gasteiger partial charge in [-0.1, -0.05) is 70.9 Å². The lowest BCUT2D eigenvalue weighted by molar-refractivity contribution is -0.110. The van der Waals surface area contributed by atoms with E-state index in [2.05, 4.69) is 19.1 Å². The molecule has 1 aliphatic rings. The molecule has 1 rings (SSSR count). The van der Waals surface area contributed by atoms with Gasteiger partial charge in [-0.3, -0.25) is 0 Å². The van der Waals surface area contributed by atoms with Gasteiger partial charge in [0, 0.05) is 5.92 Å². The third-order valence-electron chi connectivity index (χ3n) is 5.29. The molecule has 1 unspecified atom stereocenters. The van der Waals surface area contributed by atoms with Crippen LogP contribution in [0.3, 0.4) is 0 Å². The van der Waals surface area contributed by atoms with Crippen LogP contribution < -0.4 is 0 Å². The minimum Gasteiger partial charge on any atom is -0.303 e. The summed E-state index contributed by atoms with van der Waals surface area (Å²) < 4.78 is 0. The van der Waals surface area contributed by atoms with E-state index in [0.29, 0.717) is 0 Å². The molecule has 0 aromatic rings. The smallest absolute Gasteiger partial charge is 0.122 e. The van der Waals surface area contributed by atoms with Gasteiger partial charge in [0.05, 0.1) is 0 Å². The summed E-state index contributed by atoms with van der Waals surface area (Å²) in [5, 5.41) is 0. The zero-order valence-electron chi connectivity index (χ0n) is 15.1. The molecule has 1 aliphatic carbocycles. The van der Waals surface area contributed by atoms with Crippen LogP contribution in [0.1, 0.15) is 97.3 Å². The molecule has 0 aliphatic heterocycles. The molecule has 0 heterocycles. The zero-order valence-corrected chi connectivity index (χ0v) is 15.1. The van der Waals surface area contributed by atoms with E-state index in [4.69, 9.17) is 0 Å². The fourth-order valence-corrected chi connectivity index (χ4v) is 3.75. The molecule has 1 nitrogen and oxygen atoms in total. The van der Waals surface area contributed by atoms with Crippen molar-refractivity contribution in [2.24, 2.45) is 17.8 Å². The lowest BCUT2D eigenvalue weighted by Gasteiger charge is -2.16. The van der Waals surface area contributed by atoms with E-state index >= 15 is 0 Å². The Morgan fingerprint density at radius 2 is 1.86 bits per heavy atom. The topological polar surface area (TPSA) is 17.1 Å². The Labute approximate surface area is 139 Å². The molecule has 1 heteroatoms. The molecule has 0 amide bonds. The summed E-state index contributed by atoms with van der Waals surface area (Å²) in [5.41, 5.74) is 0. The quantitative estimate of drug-likeness (QED) is 0.210. The molecule has 22 heavy (non-hydrogen) atoms. The molecule has 128 valence electrons. The number of unbranched alkanes of at least 4 members (excludes halogenated alkanes) is 6. The van der Waals surface area contributed by atoms with E-state index < -0.39 is 0 Å². The zero-order chi connectivity index (χ0) is 16.0. The van der Waals surface area contributed by atoms with E-state index in [-0.39, 0.29) is 5.92 Å². The van der Waals surface area contributed by atoms with E-state index in [0.717, 1.165) is 24.5 Å². The van der Waals surface area contributed by atoms with E-state index in [9.17, 15) is 4.79 Å². The lowest BCUT2D eigenvalue weighted by Crippen LogP contribution is -2.05.